The van der Waals surface area contributed by atoms with Gasteiger partial charge in [0.05, 0.1) is 18.2 Å². The van der Waals surface area contributed by atoms with Crippen molar-refractivity contribution in [3.63, 3.8) is 0 Å². The van der Waals surface area contributed by atoms with Crippen molar-refractivity contribution >= 4 is 18.2 Å². The number of aldehydes is 1. The number of rotatable bonds is 10. The number of ether oxygens (including phenoxy) is 2. The van der Waals surface area contributed by atoms with Gasteiger partial charge in [0.25, 0.3) is 0 Å². The first-order chi connectivity index (χ1) is 24.7. The number of carboxylic acids is 1. The van der Waals surface area contributed by atoms with Gasteiger partial charge in [-0.25, -0.2) is 14.0 Å². The highest BCUT2D eigenvalue weighted by atomic mass is 19.1. The van der Waals surface area contributed by atoms with Gasteiger partial charge in [0.1, 0.15) is 23.6 Å². The third kappa shape index (κ3) is 9.09. The third-order valence-electron chi connectivity index (χ3n) is 11.5. The van der Waals surface area contributed by atoms with Gasteiger partial charge >= 0.3 is 11.9 Å². The van der Waals surface area contributed by atoms with Crippen LogP contribution in [0.25, 0.3) is 0 Å². The van der Waals surface area contributed by atoms with Crippen molar-refractivity contribution in [1.29, 1.82) is 0 Å². The fourth-order valence-electron chi connectivity index (χ4n) is 9.38. The van der Waals surface area contributed by atoms with Crippen LogP contribution in [0.3, 0.4) is 0 Å². The van der Waals surface area contributed by atoms with Crippen LogP contribution in [0, 0.1) is 29.0 Å². The standard InChI is InChI=1S/C25H25FO5.C20H28O/c1-30-22-5-2-17(24(29)31-18-3-4-19(23(27)28)21(26)10-18)9-20(22)25-11-14-6-15(12-25)8-16(7-14)13-25;1-16(8-6-9-17(2)13-15-21)11-12-19-18(3)10-7-14-20(19,4)5/h2-5,9-10,14-16H,6-8,11-13H2,1H3,(H,27,28);6,8-9,11-13,15H,7,10,14H2,1-5H3. The quantitative estimate of drug-likeness (QED) is 0.0869. The molecule has 52 heavy (non-hydrogen) atoms. The van der Waals surface area contributed by atoms with E-state index in [1.165, 1.54) is 61.3 Å². The Morgan fingerprint density at radius 2 is 1.58 bits per heavy atom. The van der Waals surface area contributed by atoms with Crippen LogP contribution in [0.1, 0.15) is 119 Å². The van der Waals surface area contributed by atoms with Crippen molar-refractivity contribution in [2.45, 2.75) is 97.8 Å². The Labute approximate surface area is 308 Å². The summed E-state index contributed by atoms with van der Waals surface area (Å²) in [6.45, 7) is 10.9. The zero-order valence-corrected chi connectivity index (χ0v) is 31.5. The molecule has 4 fully saturated rings. The van der Waals surface area contributed by atoms with Crippen molar-refractivity contribution in [2.75, 3.05) is 7.11 Å². The highest BCUT2D eigenvalue weighted by molar-refractivity contribution is 5.92. The molecule has 0 aliphatic heterocycles. The summed E-state index contributed by atoms with van der Waals surface area (Å²) in [5, 5.41) is 8.95. The molecule has 0 saturated heterocycles. The Hall–Kier alpha value is -4.52. The largest absolute Gasteiger partial charge is 0.496 e. The summed E-state index contributed by atoms with van der Waals surface area (Å²) in [7, 11) is 1.66. The van der Waals surface area contributed by atoms with Crippen LogP contribution in [0.4, 0.5) is 4.39 Å². The molecule has 0 heterocycles. The molecule has 4 saturated carbocycles. The van der Waals surface area contributed by atoms with Crippen molar-refractivity contribution in [1.82, 2.24) is 0 Å². The molecule has 276 valence electrons. The lowest BCUT2D eigenvalue weighted by Crippen LogP contribution is -2.48. The minimum Gasteiger partial charge on any atom is -0.496 e. The number of hydrogen-bond donors (Lipinski definition) is 1. The maximum Gasteiger partial charge on any atom is 0.343 e. The molecule has 7 heteroatoms. The molecule has 0 aromatic heterocycles. The molecule has 7 rings (SSSR count). The van der Waals surface area contributed by atoms with Crippen molar-refractivity contribution < 1.29 is 33.4 Å². The number of hydrogen-bond acceptors (Lipinski definition) is 5. The molecule has 0 amide bonds. The minimum atomic E-state index is -1.37. The molecule has 0 unspecified atom stereocenters. The van der Waals surface area contributed by atoms with Crippen LogP contribution in [0.5, 0.6) is 11.5 Å². The smallest absolute Gasteiger partial charge is 0.343 e. The highest BCUT2D eigenvalue weighted by Crippen LogP contribution is 2.62. The van der Waals surface area contributed by atoms with Gasteiger partial charge in [-0.05, 0) is 155 Å². The van der Waals surface area contributed by atoms with Crippen LogP contribution in [-0.2, 0) is 10.2 Å². The number of allylic oxidation sites excluding steroid dienone is 10. The van der Waals surface area contributed by atoms with E-state index in [9.17, 15) is 18.8 Å². The van der Waals surface area contributed by atoms with E-state index in [0.717, 1.165) is 72.3 Å². The van der Waals surface area contributed by atoms with E-state index in [0.29, 0.717) is 5.56 Å². The number of carboxylic acid groups (broad SMARTS) is 1. The molecule has 5 aliphatic carbocycles. The molecule has 6 nitrogen and oxygen atoms in total. The first-order valence-corrected chi connectivity index (χ1v) is 18.5. The normalized spacial score (nSPS) is 25.2. The van der Waals surface area contributed by atoms with E-state index in [4.69, 9.17) is 14.6 Å². The van der Waals surface area contributed by atoms with Crippen LogP contribution >= 0.6 is 0 Å². The Morgan fingerprint density at radius 3 is 2.15 bits per heavy atom. The van der Waals surface area contributed by atoms with Crippen molar-refractivity contribution in [3.8, 4) is 11.5 Å². The van der Waals surface area contributed by atoms with Crippen LogP contribution < -0.4 is 9.47 Å². The molecular formula is C45H53FO6. The lowest BCUT2D eigenvalue weighted by Gasteiger charge is -2.57. The summed E-state index contributed by atoms with van der Waals surface area (Å²) in [4.78, 5) is 34.1. The van der Waals surface area contributed by atoms with E-state index in [-0.39, 0.29) is 16.6 Å². The molecule has 4 bridgehead atoms. The predicted octanol–water partition coefficient (Wildman–Crippen LogP) is 10.9. The van der Waals surface area contributed by atoms with Gasteiger partial charge in [-0.3, -0.25) is 4.79 Å². The van der Waals surface area contributed by atoms with Crippen molar-refractivity contribution in [2.24, 2.45) is 23.2 Å². The highest BCUT2D eigenvalue weighted by Gasteiger charge is 2.52. The summed E-state index contributed by atoms with van der Waals surface area (Å²) in [5.74, 6) is 0.116. The Morgan fingerprint density at radius 1 is 0.923 bits per heavy atom. The Bertz CT molecular complexity index is 1800. The molecular weight excluding hydrogens is 655 g/mol. The second kappa shape index (κ2) is 16.4. The van der Waals surface area contributed by atoms with Crippen LogP contribution in [-0.4, -0.2) is 30.4 Å². The second-order valence-electron chi connectivity index (χ2n) is 16.0. The molecule has 0 spiro atoms. The predicted molar refractivity (Wildman–Crippen MR) is 203 cm³/mol. The van der Waals surface area contributed by atoms with Gasteiger partial charge in [0.15, 0.2) is 0 Å². The summed E-state index contributed by atoms with van der Waals surface area (Å²) in [5.41, 5.74) is 6.53. The van der Waals surface area contributed by atoms with Gasteiger partial charge in [-0.2, -0.15) is 0 Å². The summed E-state index contributed by atoms with van der Waals surface area (Å²) < 4.78 is 25.0. The third-order valence-corrected chi connectivity index (χ3v) is 11.5. The molecule has 2 aromatic carbocycles. The lowest BCUT2D eigenvalue weighted by atomic mass is 9.48. The first kappa shape index (κ1) is 38.7. The molecule has 2 aromatic rings. The molecule has 0 atom stereocenters. The van der Waals surface area contributed by atoms with Crippen LogP contribution in [0.2, 0.25) is 0 Å². The number of halogens is 1. The van der Waals surface area contributed by atoms with Gasteiger partial charge in [0, 0.05) is 11.6 Å². The summed E-state index contributed by atoms with van der Waals surface area (Å²) >= 11 is 0. The van der Waals surface area contributed by atoms with Gasteiger partial charge in [0.2, 0.25) is 0 Å². The van der Waals surface area contributed by atoms with E-state index in [1.54, 1.807) is 19.3 Å². The fourth-order valence-corrected chi connectivity index (χ4v) is 9.38. The Balaban J connectivity index is 0.000000219. The number of carbonyl (C=O) groups is 3. The van der Waals surface area contributed by atoms with Gasteiger partial charge in [-0.1, -0.05) is 55.4 Å². The van der Waals surface area contributed by atoms with Gasteiger partial charge in [-0.15, -0.1) is 0 Å². The van der Waals surface area contributed by atoms with E-state index in [1.807, 2.05) is 31.2 Å². The number of benzene rings is 2. The monoisotopic (exact) mass is 708 g/mol. The molecule has 0 radical (unpaired) electrons. The second-order valence-corrected chi connectivity index (χ2v) is 16.0. The molecule has 1 N–H and O–H groups in total. The maximum absolute atomic E-state index is 14.0. The number of carbonyl (C=O) groups excluding carboxylic acids is 2. The summed E-state index contributed by atoms with van der Waals surface area (Å²) in [6, 6.07) is 8.66. The van der Waals surface area contributed by atoms with Crippen molar-refractivity contribution in [3.05, 3.63) is 118 Å². The van der Waals surface area contributed by atoms with Gasteiger partial charge < -0.3 is 14.6 Å². The van der Waals surface area contributed by atoms with Crippen LogP contribution in [0.15, 0.2) is 95.1 Å². The molecule has 5 aliphatic rings. The Kier molecular flexibility index (Phi) is 12.2. The zero-order valence-electron chi connectivity index (χ0n) is 31.5. The summed E-state index contributed by atoms with van der Waals surface area (Å²) in [6.07, 6.45) is 24.0. The number of aromatic carboxylic acids is 1. The SMILES string of the molecule is CC(C=CC=C(C)C=CC1=C(C)CCCC1(C)C)=CC=O.COc1ccc(C(=O)Oc2ccc(C(=O)O)c(F)c2)cc1C12CC3CC(CC(C3)C1)C2. The fraction of sp³-hybridized carbons (Fsp3) is 0.444. The maximum atomic E-state index is 14.0. The average Bonchev–Trinajstić information content (AvgIpc) is 3.07. The lowest BCUT2D eigenvalue weighted by molar-refractivity contribution is -0.104. The number of methoxy groups -OCH3 is 1. The number of esters is 1. The van der Waals surface area contributed by atoms with E-state index >= 15 is 0 Å². The average molecular weight is 709 g/mol. The topological polar surface area (TPSA) is 89.9 Å². The van der Waals surface area contributed by atoms with E-state index in [2.05, 4.69) is 45.9 Å². The minimum absolute atomic E-state index is 0.0281. The van der Waals surface area contributed by atoms with E-state index < -0.39 is 23.3 Å². The first-order valence-electron chi connectivity index (χ1n) is 18.5. The zero-order chi connectivity index (χ0) is 37.6.